The number of hydrogen-bond donors (Lipinski definition) is 1. The van der Waals surface area contributed by atoms with Crippen molar-refractivity contribution in [2.45, 2.75) is 44.7 Å². The lowest BCUT2D eigenvalue weighted by Gasteiger charge is -2.40. The highest BCUT2D eigenvalue weighted by Gasteiger charge is 2.26. The maximum absolute atomic E-state index is 13.3. The molecule has 2 unspecified atom stereocenters. The molecule has 1 saturated heterocycles. The Morgan fingerprint density at radius 3 is 2.95 bits per heavy atom. The van der Waals surface area contributed by atoms with E-state index in [9.17, 15) is 4.39 Å². The van der Waals surface area contributed by atoms with Crippen LogP contribution in [0.25, 0.3) is 0 Å². The summed E-state index contributed by atoms with van der Waals surface area (Å²) in [6, 6.07) is 6.21. The molecule has 0 spiro atoms. The van der Waals surface area contributed by atoms with Gasteiger partial charge in [-0.05, 0) is 72.9 Å². The lowest BCUT2D eigenvalue weighted by Crippen LogP contribution is -2.42. The van der Waals surface area contributed by atoms with E-state index in [0.717, 1.165) is 25.1 Å². The van der Waals surface area contributed by atoms with E-state index in [1.54, 1.807) is 0 Å². The van der Waals surface area contributed by atoms with Gasteiger partial charge in [-0.15, -0.1) is 0 Å². The maximum Gasteiger partial charge on any atom is 0.137 e. The van der Waals surface area contributed by atoms with Crippen LogP contribution in [0.3, 0.4) is 0 Å². The number of halogens is 2. The first kappa shape index (κ1) is 14.9. The van der Waals surface area contributed by atoms with E-state index in [-0.39, 0.29) is 5.82 Å². The summed E-state index contributed by atoms with van der Waals surface area (Å²) in [4.78, 5) is 2.52. The van der Waals surface area contributed by atoms with Gasteiger partial charge in [-0.2, -0.15) is 0 Å². The summed E-state index contributed by atoms with van der Waals surface area (Å²) in [5, 5.41) is 0. The normalized spacial score (nSPS) is 22.4. The molecule has 19 heavy (non-hydrogen) atoms. The van der Waals surface area contributed by atoms with Crippen molar-refractivity contribution in [1.82, 2.24) is 4.90 Å². The topological polar surface area (TPSA) is 29.3 Å². The fourth-order valence-electron chi connectivity index (χ4n) is 3.00. The molecule has 1 aromatic carbocycles. The smallest absolute Gasteiger partial charge is 0.137 e. The Kier molecular flexibility index (Phi) is 5.37. The SMILES string of the molecule is CC(c1ccc(F)c(Br)c1)N1CCCCC1CCN. The number of nitrogens with zero attached hydrogens (tertiary/aromatic N) is 1. The summed E-state index contributed by atoms with van der Waals surface area (Å²) in [5.41, 5.74) is 6.88. The summed E-state index contributed by atoms with van der Waals surface area (Å²) < 4.78 is 13.9. The summed E-state index contributed by atoms with van der Waals surface area (Å²) in [6.45, 7) is 4.05. The van der Waals surface area contributed by atoms with Crippen LogP contribution in [0, 0.1) is 5.82 Å². The molecule has 2 N–H and O–H groups in total. The van der Waals surface area contributed by atoms with E-state index in [0.29, 0.717) is 16.6 Å². The van der Waals surface area contributed by atoms with Crippen LogP contribution in [0.1, 0.15) is 44.2 Å². The highest BCUT2D eigenvalue weighted by atomic mass is 79.9. The van der Waals surface area contributed by atoms with Crippen molar-refractivity contribution in [3.05, 3.63) is 34.1 Å². The van der Waals surface area contributed by atoms with Gasteiger partial charge in [0.2, 0.25) is 0 Å². The average Bonchev–Trinajstić information content (AvgIpc) is 2.42. The minimum absolute atomic E-state index is 0.201. The predicted molar refractivity (Wildman–Crippen MR) is 80.5 cm³/mol. The van der Waals surface area contributed by atoms with Gasteiger partial charge in [0.15, 0.2) is 0 Å². The molecule has 0 aliphatic carbocycles. The molecule has 0 saturated carbocycles. The minimum Gasteiger partial charge on any atom is -0.330 e. The second kappa shape index (κ2) is 6.82. The highest BCUT2D eigenvalue weighted by Crippen LogP contribution is 2.31. The largest absolute Gasteiger partial charge is 0.330 e. The molecule has 0 aromatic heterocycles. The number of benzene rings is 1. The van der Waals surface area contributed by atoms with Crippen molar-refractivity contribution in [2.24, 2.45) is 5.73 Å². The van der Waals surface area contributed by atoms with Crippen molar-refractivity contribution in [2.75, 3.05) is 13.1 Å². The summed E-state index contributed by atoms with van der Waals surface area (Å²) in [7, 11) is 0. The molecular formula is C15H22BrFN2. The van der Waals surface area contributed by atoms with Gasteiger partial charge in [0.05, 0.1) is 4.47 Å². The molecule has 0 radical (unpaired) electrons. The van der Waals surface area contributed by atoms with Crippen molar-refractivity contribution >= 4 is 15.9 Å². The molecule has 1 aliphatic rings. The third kappa shape index (κ3) is 3.56. The number of piperidine rings is 1. The fraction of sp³-hybridized carbons (Fsp3) is 0.600. The molecule has 0 bridgehead atoms. The number of rotatable bonds is 4. The first-order valence-electron chi connectivity index (χ1n) is 7.04. The monoisotopic (exact) mass is 328 g/mol. The van der Waals surface area contributed by atoms with E-state index < -0.39 is 0 Å². The predicted octanol–water partition coefficient (Wildman–Crippen LogP) is 3.85. The number of likely N-dealkylation sites (tertiary alicyclic amines) is 1. The molecule has 0 amide bonds. The van der Waals surface area contributed by atoms with Gasteiger partial charge in [-0.25, -0.2) is 4.39 Å². The van der Waals surface area contributed by atoms with Gasteiger partial charge in [-0.1, -0.05) is 12.5 Å². The standard InChI is InChI=1S/C15H22BrFN2/c1-11(12-5-6-15(17)14(16)10-12)19-9-3-2-4-13(19)7-8-18/h5-6,10-11,13H,2-4,7-9,18H2,1H3. The van der Waals surface area contributed by atoms with Crippen LogP contribution in [-0.4, -0.2) is 24.0 Å². The number of nitrogens with two attached hydrogens (primary N) is 1. The maximum atomic E-state index is 13.3. The van der Waals surface area contributed by atoms with Crippen molar-refractivity contribution in [3.63, 3.8) is 0 Å². The van der Waals surface area contributed by atoms with Crippen LogP contribution in [0.15, 0.2) is 22.7 Å². The molecule has 2 atom stereocenters. The second-order valence-electron chi connectivity index (χ2n) is 5.31. The molecular weight excluding hydrogens is 307 g/mol. The van der Waals surface area contributed by atoms with Gasteiger partial charge in [0, 0.05) is 12.1 Å². The van der Waals surface area contributed by atoms with E-state index in [2.05, 4.69) is 27.8 Å². The van der Waals surface area contributed by atoms with Crippen LogP contribution >= 0.6 is 15.9 Å². The summed E-state index contributed by atoms with van der Waals surface area (Å²) in [6.07, 6.45) is 4.81. The van der Waals surface area contributed by atoms with Crippen molar-refractivity contribution in [3.8, 4) is 0 Å². The van der Waals surface area contributed by atoms with Crippen molar-refractivity contribution < 1.29 is 4.39 Å². The van der Waals surface area contributed by atoms with Gasteiger partial charge >= 0.3 is 0 Å². The Labute approximate surface area is 123 Å². The Hall–Kier alpha value is -0.450. The first-order chi connectivity index (χ1) is 9.13. The van der Waals surface area contributed by atoms with Crippen molar-refractivity contribution in [1.29, 1.82) is 0 Å². The molecule has 4 heteroatoms. The van der Waals surface area contributed by atoms with Crippen LogP contribution < -0.4 is 5.73 Å². The second-order valence-corrected chi connectivity index (χ2v) is 6.17. The lowest BCUT2D eigenvalue weighted by atomic mass is 9.95. The zero-order chi connectivity index (χ0) is 13.8. The molecule has 2 nitrogen and oxygen atoms in total. The van der Waals surface area contributed by atoms with Gasteiger partial charge in [0.25, 0.3) is 0 Å². The molecule has 2 rings (SSSR count). The first-order valence-corrected chi connectivity index (χ1v) is 7.83. The molecule has 1 aliphatic heterocycles. The zero-order valence-corrected chi connectivity index (χ0v) is 13.0. The molecule has 1 aromatic rings. The van der Waals surface area contributed by atoms with Gasteiger partial charge in [0.1, 0.15) is 5.82 Å². The third-order valence-corrected chi connectivity index (χ3v) is 4.70. The molecule has 1 heterocycles. The van der Waals surface area contributed by atoms with E-state index >= 15 is 0 Å². The summed E-state index contributed by atoms with van der Waals surface area (Å²) in [5.74, 6) is -0.201. The van der Waals surface area contributed by atoms with Crippen LogP contribution in [0.4, 0.5) is 4.39 Å². The molecule has 106 valence electrons. The van der Waals surface area contributed by atoms with Gasteiger partial charge < -0.3 is 5.73 Å². The Balaban J connectivity index is 2.15. The van der Waals surface area contributed by atoms with E-state index in [1.165, 1.54) is 25.3 Å². The minimum atomic E-state index is -0.201. The molecule has 1 fully saturated rings. The quantitative estimate of drug-likeness (QED) is 0.909. The van der Waals surface area contributed by atoms with Gasteiger partial charge in [-0.3, -0.25) is 4.90 Å². The third-order valence-electron chi connectivity index (χ3n) is 4.10. The Morgan fingerprint density at radius 1 is 1.47 bits per heavy atom. The lowest BCUT2D eigenvalue weighted by molar-refractivity contribution is 0.0983. The Morgan fingerprint density at radius 2 is 2.26 bits per heavy atom. The highest BCUT2D eigenvalue weighted by molar-refractivity contribution is 9.10. The van der Waals surface area contributed by atoms with Crippen LogP contribution in [0.2, 0.25) is 0 Å². The van der Waals surface area contributed by atoms with Crippen LogP contribution in [-0.2, 0) is 0 Å². The Bertz CT molecular complexity index is 423. The summed E-state index contributed by atoms with van der Waals surface area (Å²) >= 11 is 3.27. The van der Waals surface area contributed by atoms with E-state index in [1.807, 2.05) is 12.1 Å². The number of hydrogen-bond acceptors (Lipinski definition) is 2. The van der Waals surface area contributed by atoms with E-state index in [4.69, 9.17) is 5.73 Å². The zero-order valence-electron chi connectivity index (χ0n) is 11.4. The van der Waals surface area contributed by atoms with Crippen LogP contribution in [0.5, 0.6) is 0 Å². The average molecular weight is 329 g/mol. The fourth-order valence-corrected chi connectivity index (χ4v) is 3.40.